The van der Waals surface area contributed by atoms with Crippen LogP contribution in [0, 0.1) is 0 Å². The van der Waals surface area contributed by atoms with E-state index in [1.54, 1.807) is 29.2 Å². The number of carbonyl (C=O) groups is 2. The van der Waals surface area contributed by atoms with Gasteiger partial charge in [-0.1, -0.05) is 12.1 Å². The molecule has 1 unspecified atom stereocenters. The van der Waals surface area contributed by atoms with Gasteiger partial charge in [-0.05, 0) is 17.7 Å². The molecule has 1 atom stereocenters. The van der Waals surface area contributed by atoms with Gasteiger partial charge in [0.15, 0.2) is 0 Å². The predicted octanol–water partition coefficient (Wildman–Crippen LogP) is 1.66. The zero-order chi connectivity index (χ0) is 12.4. The van der Waals surface area contributed by atoms with Gasteiger partial charge in [0, 0.05) is 18.7 Å². The lowest BCUT2D eigenvalue weighted by Crippen LogP contribution is -2.24. The van der Waals surface area contributed by atoms with E-state index in [4.69, 9.17) is 16.7 Å². The molecule has 0 saturated carbocycles. The number of hydrogen-bond donors (Lipinski definition) is 1. The maximum Gasteiger partial charge on any atom is 0.307 e. The van der Waals surface area contributed by atoms with E-state index in [9.17, 15) is 9.59 Å². The topological polar surface area (TPSA) is 57.6 Å². The molecule has 17 heavy (non-hydrogen) atoms. The molecule has 1 saturated heterocycles. The molecule has 0 bridgehead atoms. The highest BCUT2D eigenvalue weighted by Gasteiger charge is 2.29. The van der Waals surface area contributed by atoms with Gasteiger partial charge in [-0.15, -0.1) is 11.6 Å². The lowest BCUT2D eigenvalue weighted by atomic mass is 10.1. The molecule has 5 heteroatoms. The van der Waals surface area contributed by atoms with Crippen molar-refractivity contribution in [1.29, 1.82) is 0 Å². The normalized spacial score (nSPS) is 19.7. The molecule has 1 aliphatic rings. The Hall–Kier alpha value is -1.55. The SMILES string of the molecule is O=C(O)Cc1cccc(N2CC(Cl)CC2=O)c1. The van der Waals surface area contributed by atoms with Crippen LogP contribution in [-0.4, -0.2) is 28.9 Å². The highest BCUT2D eigenvalue weighted by Crippen LogP contribution is 2.25. The van der Waals surface area contributed by atoms with Gasteiger partial charge in [0.2, 0.25) is 5.91 Å². The molecule has 90 valence electrons. The van der Waals surface area contributed by atoms with Gasteiger partial charge in [0.1, 0.15) is 0 Å². The fraction of sp³-hybridized carbons (Fsp3) is 0.333. The van der Waals surface area contributed by atoms with Crippen molar-refractivity contribution < 1.29 is 14.7 Å². The molecule has 1 fully saturated rings. The molecule has 4 nitrogen and oxygen atoms in total. The zero-order valence-electron chi connectivity index (χ0n) is 9.10. The van der Waals surface area contributed by atoms with Crippen molar-refractivity contribution in [3.8, 4) is 0 Å². The third kappa shape index (κ3) is 2.77. The van der Waals surface area contributed by atoms with Crippen molar-refractivity contribution in [1.82, 2.24) is 0 Å². The second kappa shape index (κ2) is 4.75. The van der Waals surface area contributed by atoms with Crippen LogP contribution in [0.4, 0.5) is 5.69 Å². The molecule has 1 aromatic rings. The van der Waals surface area contributed by atoms with E-state index in [0.717, 1.165) is 5.69 Å². The van der Waals surface area contributed by atoms with E-state index < -0.39 is 5.97 Å². The second-order valence-electron chi connectivity index (χ2n) is 4.05. The van der Waals surface area contributed by atoms with Gasteiger partial charge < -0.3 is 10.0 Å². The average molecular weight is 254 g/mol. The number of halogens is 1. The Labute approximate surface area is 104 Å². The number of aliphatic carboxylic acids is 1. The van der Waals surface area contributed by atoms with Crippen LogP contribution in [0.25, 0.3) is 0 Å². The van der Waals surface area contributed by atoms with Crippen LogP contribution in [0.2, 0.25) is 0 Å². The third-order valence-electron chi connectivity index (χ3n) is 2.66. The minimum atomic E-state index is -0.884. The van der Waals surface area contributed by atoms with Crippen molar-refractivity contribution in [2.24, 2.45) is 0 Å². The second-order valence-corrected chi connectivity index (χ2v) is 4.66. The quantitative estimate of drug-likeness (QED) is 0.834. The number of rotatable bonds is 3. The number of carbonyl (C=O) groups excluding carboxylic acids is 1. The average Bonchev–Trinajstić information content (AvgIpc) is 2.57. The van der Waals surface area contributed by atoms with Crippen molar-refractivity contribution >= 4 is 29.2 Å². The van der Waals surface area contributed by atoms with Crippen molar-refractivity contribution in [2.45, 2.75) is 18.2 Å². The number of hydrogen-bond acceptors (Lipinski definition) is 2. The van der Waals surface area contributed by atoms with Gasteiger partial charge in [0.05, 0.1) is 11.8 Å². The summed E-state index contributed by atoms with van der Waals surface area (Å²) in [7, 11) is 0. The molecular weight excluding hydrogens is 242 g/mol. The van der Waals surface area contributed by atoms with Crippen LogP contribution < -0.4 is 4.90 Å². The summed E-state index contributed by atoms with van der Waals surface area (Å²) < 4.78 is 0. The Morgan fingerprint density at radius 1 is 1.53 bits per heavy atom. The summed E-state index contributed by atoms with van der Waals surface area (Å²) in [6.07, 6.45) is 0.297. The summed E-state index contributed by atoms with van der Waals surface area (Å²) in [6.45, 7) is 0.483. The number of nitrogens with zero attached hydrogens (tertiary/aromatic N) is 1. The first-order valence-corrected chi connectivity index (χ1v) is 5.75. The summed E-state index contributed by atoms with van der Waals surface area (Å²) >= 11 is 5.92. The molecule has 1 aromatic carbocycles. The van der Waals surface area contributed by atoms with E-state index in [1.165, 1.54) is 0 Å². The lowest BCUT2D eigenvalue weighted by molar-refractivity contribution is -0.136. The maximum atomic E-state index is 11.6. The summed E-state index contributed by atoms with van der Waals surface area (Å²) in [4.78, 5) is 23.9. The number of alkyl halides is 1. The standard InChI is InChI=1S/C12H12ClNO3/c13-9-6-11(15)14(7-9)10-3-1-2-8(4-10)5-12(16)17/h1-4,9H,5-7H2,(H,16,17). The Bertz CT molecular complexity index is 461. The predicted molar refractivity (Wildman–Crippen MR) is 64.4 cm³/mol. The summed E-state index contributed by atoms with van der Waals surface area (Å²) in [5.74, 6) is -0.900. The summed E-state index contributed by atoms with van der Waals surface area (Å²) in [5, 5.41) is 8.55. The minimum Gasteiger partial charge on any atom is -0.481 e. The van der Waals surface area contributed by atoms with Crippen LogP contribution in [-0.2, 0) is 16.0 Å². The molecule has 0 spiro atoms. The zero-order valence-corrected chi connectivity index (χ0v) is 9.85. The van der Waals surface area contributed by atoms with Crippen molar-refractivity contribution in [3.05, 3.63) is 29.8 Å². The molecular formula is C12H12ClNO3. The number of amides is 1. The Kier molecular flexibility index (Phi) is 3.33. The van der Waals surface area contributed by atoms with Crippen LogP contribution in [0.3, 0.4) is 0 Å². The molecule has 1 N–H and O–H groups in total. The Balaban J connectivity index is 2.21. The van der Waals surface area contributed by atoms with Gasteiger partial charge in [-0.2, -0.15) is 0 Å². The Morgan fingerprint density at radius 3 is 2.88 bits per heavy atom. The molecule has 0 radical (unpaired) electrons. The molecule has 1 amide bonds. The van der Waals surface area contributed by atoms with E-state index in [0.29, 0.717) is 18.5 Å². The molecule has 0 aliphatic carbocycles. The van der Waals surface area contributed by atoms with Crippen molar-refractivity contribution in [3.63, 3.8) is 0 Å². The summed E-state index contributed by atoms with van der Waals surface area (Å²) in [6, 6.07) is 7.00. The monoisotopic (exact) mass is 253 g/mol. The van der Waals surface area contributed by atoms with Gasteiger partial charge >= 0.3 is 5.97 Å². The van der Waals surface area contributed by atoms with Gasteiger partial charge in [-0.3, -0.25) is 9.59 Å². The first-order chi connectivity index (χ1) is 8.06. The molecule has 1 aliphatic heterocycles. The third-order valence-corrected chi connectivity index (χ3v) is 2.95. The lowest BCUT2D eigenvalue weighted by Gasteiger charge is -2.16. The first-order valence-electron chi connectivity index (χ1n) is 5.31. The fourth-order valence-electron chi connectivity index (χ4n) is 1.92. The Morgan fingerprint density at radius 2 is 2.29 bits per heavy atom. The molecule has 0 aromatic heterocycles. The first kappa shape index (κ1) is 11.9. The smallest absolute Gasteiger partial charge is 0.307 e. The van der Waals surface area contributed by atoms with E-state index in [1.807, 2.05) is 0 Å². The number of benzene rings is 1. The molecule has 2 rings (SSSR count). The van der Waals surface area contributed by atoms with Gasteiger partial charge in [-0.25, -0.2) is 0 Å². The number of carboxylic acids is 1. The minimum absolute atomic E-state index is 0.0162. The van der Waals surface area contributed by atoms with Crippen molar-refractivity contribution in [2.75, 3.05) is 11.4 Å². The number of carboxylic acid groups (broad SMARTS) is 1. The van der Waals surface area contributed by atoms with Gasteiger partial charge in [0.25, 0.3) is 0 Å². The highest BCUT2D eigenvalue weighted by molar-refractivity contribution is 6.24. The number of anilines is 1. The van der Waals surface area contributed by atoms with Crippen LogP contribution in [0.5, 0.6) is 0 Å². The van der Waals surface area contributed by atoms with Crippen LogP contribution >= 0.6 is 11.6 Å². The molecule has 1 heterocycles. The largest absolute Gasteiger partial charge is 0.481 e. The summed E-state index contributed by atoms with van der Waals surface area (Å²) in [5.41, 5.74) is 1.40. The highest BCUT2D eigenvalue weighted by atomic mass is 35.5. The van der Waals surface area contributed by atoms with E-state index in [2.05, 4.69) is 0 Å². The van der Waals surface area contributed by atoms with Crippen LogP contribution in [0.1, 0.15) is 12.0 Å². The maximum absolute atomic E-state index is 11.6. The van der Waals surface area contributed by atoms with E-state index in [-0.39, 0.29) is 17.7 Å². The fourth-order valence-corrected chi connectivity index (χ4v) is 2.19. The van der Waals surface area contributed by atoms with Crippen LogP contribution in [0.15, 0.2) is 24.3 Å². The van der Waals surface area contributed by atoms with E-state index >= 15 is 0 Å².